The molecule has 0 saturated carbocycles. The summed E-state index contributed by atoms with van der Waals surface area (Å²) < 4.78 is 9.74. The van der Waals surface area contributed by atoms with Crippen LogP contribution in [0.4, 0.5) is 0 Å². The third-order valence-corrected chi connectivity index (χ3v) is 6.80. The number of ether oxygens (including phenoxy) is 2. The molecule has 4 nitrogen and oxygen atoms in total. The van der Waals surface area contributed by atoms with Crippen molar-refractivity contribution in [2.24, 2.45) is 0 Å². The summed E-state index contributed by atoms with van der Waals surface area (Å²) in [6, 6.07) is 18.8. The minimum Gasteiger partial charge on any atom is -0.469 e. The Kier molecular flexibility index (Phi) is 12.6. The van der Waals surface area contributed by atoms with Crippen LogP contribution in [0.5, 0.6) is 0 Å². The summed E-state index contributed by atoms with van der Waals surface area (Å²) in [5, 5.41) is -0.418. The highest BCUT2D eigenvalue weighted by molar-refractivity contribution is 8.00. The number of benzene rings is 2. The molecule has 32 heavy (non-hydrogen) atoms. The highest BCUT2D eigenvalue weighted by Gasteiger charge is 2.24. The molecule has 0 aromatic heterocycles. The van der Waals surface area contributed by atoms with Crippen LogP contribution in [0.1, 0.15) is 66.9 Å². The van der Waals surface area contributed by atoms with Gasteiger partial charge < -0.3 is 9.47 Å². The maximum absolute atomic E-state index is 12.4. The van der Waals surface area contributed by atoms with Crippen LogP contribution in [-0.2, 0) is 31.9 Å². The zero-order chi connectivity index (χ0) is 23.0. The van der Waals surface area contributed by atoms with Gasteiger partial charge in [0.2, 0.25) is 0 Å². The van der Waals surface area contributed by atoms with Gasteiger partial charge in [-0.25, -0.2) is 0 Å². The minimum atomic E-state index is -0.418. The second-order valence-corrected chi connectivity index (χ2v) is 9.12. The van der Waals surface area contributed by atoms with Crippen molar-refractivity contribution in [3.63, 3.8) is 0 Å². The molecule has 1 unspecified atom stereocenters. The van der Waals surface area contributed by atoms with Gasteiger partial charge in [-0.3, -0.25) is 9.59 Å². The number of hydrogen-bond acceptors (Lipinski definition) is 5. The summed E-state index contributed by atoms with van der Waals surface area (Å²) >= 11 is 1.44. The van der Waals surface area contributed by atoms with Crippen LogP contribution < -0.4 is 0 Å². The fourth-order valence-electron chi connectivity index (χ4n) is 3.77. The van der Waals surface area contributed by atoms with Crippen molar-refractivity contribution in [3.05, 3.63) is 71.3 Å². The Morgan fingerprint density at radius 1 is 0.781 bits per heavy atom. The molecule has 0 aliphatic heterocycles. The Bertz CT molecular complexity index is 806. The van der Waals surface area contributed by atoms with Crippen LogP contribution in [-0.4, -0.2) is 31.9 Å². The smallest absolute Gasteiger partial charge is 0.323 e. The van der Waals surface area contributed by atoms with Gasteiger partial charge in [0.15, 0.2) is 0 Å². The van der Waals surface area contributed by atoms with Crippen molar-refractivity contribution in [2.45, 2.75) is 63.0 Å². The molecule has 0 saturated heterocycles. The zero-order valence-electron chi connectivity index (χ0n) is 19.4. The largest absolute Gasteiger partial charge is 0.469 e. The molecule has 2 aromatic rings. The molecule has 0 amide bonds. The first-order valence-electron chi connectivity index (χ1n) is 11.5. The van der Waals surface area contributed by atoms with Crippen molar-refractivity contribution < 1.29 is 19.1 Å². The van der Waals surface area contributed by atoms with Gasteiger partial charge in [0, 0.05) is 5.75 Å². The van der Waals surface area contributed by atoms with E-state index in [0.717, 1.165) is 24.8 Å². The summed E-state index contributed by atoms with van der Waals surface area (Å²) in [6.07, 6.45) is 9.72. The maximum atomic E-state index is 12.4. The van der Waals surface area contributed by atoms with Crippen LogP contribution in [0, 0.1) is 0 Å². The Labute approximate surface area is 197 Å². The van der Waals surface area contributed by atoms with E-state index in [4.69, 9.17) is 9.47 Å². The van der Waals surface area contributed by atoms with Crippen molar-refractivity contribution in [1.29, 1.82) is 0 Å². The van der Waals surface area contributed by atoms with Crippen LogP contribution in [0.25, 0.3) is 0 Å². The molecule has 0 aliphatic rings. The predicted octanol–water partition coefficient (Wildman–Crippen LogP) is 6.32. The van der Waals surface area contributed by atoms with E-state index >= 15 is 0 Å². The van der Waals surface area contributed by atoms with Gasteiger partial charge in [0.25, 0.3) is 0 Å². The van der Waals surface area contributed by atoms with E-state index in [1.807, 2.05) is 18.2 Å². The van der Waals surface area contributed by atoms with Gasteiger partial charge in [-0.05, 0) is 42.4 Å². The Hall–Kier alpha value is -2.27. The monoisotopic (exact) mass is 456 g/mol. The lowest BCUT2D eigenvalue weighted by atomic mass is 9.98. The predicted molar refractivity (Wildman–Crippen MR) is 132 cm³/mol. The first-order valence-corrected chi connectivity index (χ1v) is 12.6. The quantitative estimate of drug-likeness (QED) is 0.232. The summed E-state index contributed by atoms with van der Waals surface area (Å²) in [5.74, 6) is -0.0204. The van der Waals surface area contributed by atoms with E-state index in [0.29, 0.717) is 5.75 Å². The summed E-state index contributed by atoms with van der Waals surface area (Å²) in [6.45, 7) is 0. The van der Waals surface area contributed by atoms with Crippen molar-refractivity contribution >= 4 is 23.7 Å². The fourth-order valence-corrected chi connectivity index (χ4v) is 4.93. The average molecular weight is 457 g/mol. The lowest BCUT2D eigenvalue weighted by Gasteiger charge is -2.18. The molecular weight excluding hydrogens is 420 g/mol. The molecule has 1 atom stereocenters. The van der Waals surface area contributed by atoms with Gasteiger partial charge in [0.05, 0.1) is 20.6 Å². The number of aryl methyl sites for hydroxylation is 2. The van der Waals surface area contributed by atoms with Crippen LogP contribution in [0.2, 0.25) is 0 Å². The topological polar surface area (TPSA) is 52.6 Å². The van der Waals surface area contributed by atoms with Crippen LogP contribution >= 0.6 is 11.8 Å². The molecule has 0 heterocycles. The van der Waals surface area contributed by atoms with Crippen molar-refractivity contribution in [2.75, 3.05) is 20.0 Å². The minimum absolute atomic E-state index is 0.266. The first kappa shape index (κ1) is 26.0. The van der Waals surface area contributed by atoms with Gasteiger partial charge in [-0.15, -0.1) is 11.8 Å². The molecule has 2 rings (SSSR count). The summed E-state index contributed by atoms with van der Waals surface area (Å²) in [7, 11) is 2.79. The number of carbonyl (C=O) groups excluding carboxylic acids is 2. The molecule has 2 aromatic carbocycles. The molecule has 0 aliphatic carbocycles. The van der Waals surface area contributed by atoms with Crippen LogP contribution in [0.3, 0.4) is 0 Å². The number of unbranched alkanes of at least 4 members (excludes halogenated alkanes) is 5. The van der Waals surface area contributed by atoms with Crippen molar-refractivity contribution in [3.8, 4) is 0 Å². The molecule has 0 spiro atoms. The molecule has 0 fully saturated rings. The molecule has 174 valence electrons. The third-order valence-electron chi connectivity index (χ3n) is 5.58. The van der Waals surface area contributed by atoms with E-state index in [2.05, 4.69) is 36.4 Å². The second kappa shape index (κ2) is 15.5. The fraction of sp³-hybridized carbons (Fsp3) is 0.481. The summed E-state index contributed by atoms with van der Waals surface area (Å²) in [4.78, 5) is 23.9. The molecule has 0 bridgehead atoms. The van der Waals surface area contributed by atoms with E-state index in [-0.39, 0.29) is 18.4 Å². The lowest BCUT2D eigenvalue weighted by molar-refractivity contribution is -0.141. The zero-order valence-corrected chi connectivity index (χ0v) is 20.2. The van der Waals surface area contributed by atoms with Gasteiger partial charge in [-0.1, -0.05) is 80.3 Å². The van der Waals surface area contributed by atoms with Gasteiger partial charge in [0.1, 0.15) is 5.25 Å². The van der Waals surface area contributed by atoms with E-state index < -0.39 is 5.25 Å². The van der Waals surface area contributed by atoms with Gasteiger partial charge in [-0.2, -0.15) is 0 Å². The third kappa shape index (κ3) is 9.47. The lowest BCUT2D eigenvalue weighted by Crippen LogP contribution is -2.14. The normalized spacial score (nSPS) is 11.7. The number of carbonyl (C=O) groups is 2. The number of thioether (sulfide) groups is 1. The average Bonchev–Trinajstić information content (AvgIpc) is 2.84. The molecule has 0 N–H and O–H groups in total. The molecule has 5 heteroatoms. The first-order chi connectivity index (χ1) is 15.7. The van der Waals surface area contributed by atoms with E-state index in [1.165, 1.54) is 69.2 Å². The number of methoxy groups -OCH3 is 2. The highest BCUT2D eigenvalue weighted by atomic mass is 32.2. The maximum Gasteiger partial charge on any atom is 0.323 e. The Morgan fingerprint density at radius 2 is 1.41 bits per heavy atom. The van der Waals surface area contributed by atoms with Gasteiger partial charge >= 0.3 is 11.9 Å². The number of rotatable bonds is 15. The SMILES string of the molecule is COC(=O)CCSC(C(=O)OC)c1ccccc1CCCCCCCCc1ccccc1. The molecular formula is C27H36O4S. The van der Waals surface area contributed by atoms with Crippen molar-refractivity contribution in [1.82, 2.24) is 0 Å². The highest BCUT2D eigenvalue weighted by Crippen LogP contribution is 2.33. The number of hydrogen-bond donors (Lipinski definition) is 0. The Balaban J connectivity index is 1.76. The van der Waals surface area contributed by atoms with E-state index in [9.17, 15) is 9.59 Å². The number of esters is 2. The summed E-state index contributed by atoms with van der Waals surface area (Å²) in [5.41, 5.74) is 3.61. The second-order valence-electron chi connectivity index (χ2n) is 7.91. The standard InChI is InChI=1S/C27H36O4S/c1-30-25(28)20-21-32-26(27(29)31-2)24-19-13-12-18-23(24)17-11-6-4-3-5-8-14-22-15-9-7-10-16-22/h7,9-10,12-13,15-16,18-19,26H,3-6,8,11,14,17,20-21H2,1-2H3. The van der Waals surface area contributed by atoms with Crippen LogP contribution in [0.15, 0.2) is 54.6 Å². The molecule has 0 radical (unpaired) electrons. The van der Waals surface area contributed by atoms with E-state index in [1.54, 1.807) is 0 Å². The Morgan fingerprint density at radius 3 is 2.09 bits per heavy atom.